The van der Waals surface area contributed by atoms with Crippen molar-refractivity contribution in [1.29, 1.82) is 0 Å². The highest BCUT2D eigenvalue weighted by molar-refractivity contribution is 7.98. The van der Waals surface area contributed by atoms with Crippen molar-refractivity contribution in [3.63, 3.8) is 0 Å². The predicted molar refractivity (Wildman–Crippen MR) is 87.2 cm³/mol. The molecule has 7 nitrogen and oxygen atoms in total. The lowest BCUT2D eigenvalue weighted by molar-refractivity contribution is -0.138. The molecule has 0 radical (unpaired) electrons. The first-order valence-corrected chi connectivity index (χ1v) is 8.46. The number of hydrogen-bond acceptors (Lipinski definition) is 6. The quantitative estimate of drug-likeness (QED) is 0.560. The topological polar surface area (TPSA) is 88.6 Å². The number of esters is 1. The van der Waals surface area contributed by atoms with E-state index in [-0.39, 0.29) is 12.5 Å². The fourth-order valence-corrected chi connectivity index (χ4v) is 2.35. The Morgan fingerprint density at radius 2 is 2.09 bits per heavy atom. The summed E-state index contributed by atoms with van der Waals surface area (Å²) in [6.07, 6.45) is 3.38. The van der Waals surface area contributed by atoms with E-state index in [9.17, 15) is 14.4 Å². The van der Waals surface area contributed by atoms with E-state index >= 15 is 0 Å². The molecule has 0 saturated carbocycles. The lowest BCUT2D eigenvalue weighted by atomic mass is 10.3. The van der Waals surface area contributed by atoms with Crippen molar-refractivity contribution < 1.29 is 19.1 Å². The standard InChI is InChI=1S/C15H21N3O4S/c1-4-16-12(19)9-18(5-2)13(20)10-22-15(21)11-7-6-8-17-14(11)23-3/h6-8H,4-5,9-10H2,1-3H3,(H,16,19). The Kier molecular flexibility index (Phi) is 8.10. The molecule has 1 aromatic rings. The highest BCUT2D eigenvalue weighted by Gasteiger charge is 2.19. The summed E-state index contributed by atoms with van der Waals surface area (Å²) in [4.78, 5) is 41.0. The van der Waals surface area contributed by atoms with Crippen molar-refractivity contribution >= 4 is 29.5 Å². The summed E-state index contributed by atoms with van der Waals surface area (Å²) >= 11 is 1.32. The summed E-state index contributed by atoms with van der Waals surface area (Å²) in [5.41, 5.74) is 0.319. The molecule has 0 aliphatic rings. The van der Waals surface area contributed by atoms with Gasteiger partial charge in [0.05, 0.1) is 12.1 Å². The molecule has 8 heteroatoms. The SMILES string of the molecule is CCNC(=O)CN(CC)C(=O)COC(=O)c1cccnc1SC. The number of carbonyl (C=O) groups is 3. The number of amides is 2. The number of hydrogen-bond donors (Lipinski definition) is 1. The minimum atomic E-state index is -0.607. The predicted octanol–water partition coefficient (Wildman–Crippen LogP) is 0.945. The number of nitrogens with zero attached hydrogens (tertiary/aromatic N) is 2. The summed E-state index contributed by atoms with van der Waals surface area (Å²) in [5, 5.41) is 3.16. The van der Waals surface area contributed by atoms with E-state index in [2.05, 4.69) is 10.3 Å². The van der Waals surface area contributed by atoms with Gasteiger partial charge in [0, 0.05) is 19.3 Å². The van der Waals surface area contributed by atoms with Crippen LogP contribution in [0.25, 0.3) is 0 Å². The van der Waals surface area contributed by atoms with Gasteiger partial charge in [-0.05, 0) is 32.2 Å². The van der Waals surface area contributed by atoms with Crippen LogP contribution in [0.15, 0.2) is 23.4 Å². The minimum Gasteiger partial charge on any atom is -0.452 e. The molecule has 126 valence electrons. The average Bonchev–Trinajstić information content (AvgIpc) is 2.57. The zero-order valence-electron chi connectivity index (χ0n) is 13.5. The molecule has 1 heterocycles. The Morgan fingerprint density at radius 1 is 1.35 bits per heavy atom. The largest absolute Gasteiger partial charge is 0.452 e. The Bertz CT molecular complexity index is 565. The molecule has 0 atom stereocenters. The van der Waals surface area contributed by atoms with Crippen molar-refractivity contribution in [2.45, 2.75) is 18.9 Å². The van der Waals surface area contributed by atoms with E-state index in [1.807, 2.05) is 0 Å². The van der Waals surface area contributed by atoms with Crippen LogP contribution in [0, 0.1) is 0 Å². The highest BCUT2D eigenvalue weighted by Crippen LogP contribution is 2.17. The summed E-state index contributed by atoms with van der Waals surface area (Å²) in [5.74, 6) is -1.27. The molecule has 2 amide bonds. The number of aromatic nitrogens is 1. The Balaban J connectivity index is 2.60. The van der Waals surface area contributed by atoms with Gasteiger partial charge in [-0.3, -0.25) is 9.59 Å². The van der Waals surface area contributed by atoms with E-state index in [1.165, 1.54) is 16.7 Å². The summed E-state index contributed by atoms with van der Waals surface area (Å²) in [6.45, 7) is 3.95. The van der Waals surface area contributed by atoms with Gasteiger partial charge in [-0.15, -0.1) is 11.8 Å². The van der Waals surface area contributed by atoms with Gasteiger partial charge in [0.2, 0.25) is 5.91 Å². The summed E-state index contributed by atoms with van der Waals surface area (Å²) < 4.78 is 5.04. The van der Waals surface area contributed by atoms with Gasteiger partial charge in [-0.1, -0.05) is 0 Å². The van der Waals surface area contributed by atoms with Crippen LogP contribution in [0.3, 0.4) is 0 Å². The maximum absolute atomic E-state index is 12.1. The van der Waals surface area contributed by atoms with Crippen LogP contribution < -0.4 is 5.32 Å². The van der Waals surface area contributed by atoms with Crippen molar-refractivity contribution in [2.24, 2.45) is 0 Å². The second kappa shape index (κ2) is 9.83. The van der Waals surface area contributed by atoms with Gasteiger partial charge in [-0.25, -0.2) is 9.78 Å². The Morgan fingerprint density at radius 3 is 2.70 bits per heavy atom. The first-order valence-electron chi connectivity index (χ1n) is 7.24. The Labute approximate surface area is 139 Å². The first kappa shape index (κ1) is 19.0. The normalized spacial score (nSPS) is 10.0. The van der Waals surface area contributed by atoms with Crippen LogP contribution in [-0.2, 0) is 14.3 Å². The van der Waals surface area contributed by atoms with Gasteiger partial charge in [0.15, 0.2) is 6.61 Å². The van der Waals surface area contributed by atoms with Crippen molar-refractivity contribution in [2.75, 3.05) is 32.5 Å². The molecule has 1 aromatic heterocycles. The number of ether oxygens (including phenoxy) is 1. The van der Waals surface area contributed by atoms with Crippen molar-refractivity contribution in [3.8, 4) is 0 Å². The number of likely N-dealkylation sites (N-methyl/N-ethyl adjacent to an activating group) is 2. The highest BCUT2D eigenvalue weighted by atomic mass is 32.2. The number of thioether (sulfide) groups is 1. The maximum Gasteiger partial charge on any atom is 0.341 e. The molecule has 1 rings (SSSR count). The molecule has 0 bridgehead atoms. The van der Waals surface area contributed by atoms with Crippen LogP contribution in [0.2, 0.25) is 0 Å². The van der Waals surface area contributed by atoms with Gasteiger partial charge < -0.3 is 15.0 Å². The van der Waals surface area contributed by atoms with E-state index in [0.29, 0.717) is 23.7 Å². The first-order chi connectivity index (χ1) is 11.0. The number of pyridine rings is 1. The lowest BCUT2D eigenvalue weighted by Crippen LogP contribution is -2.42. The van der Waals surface area contributed by atoms with Crippen LogP contribution in [0.1, 0.15) is 24.2 Å². The third kappa shape index (κ3) is 5.90. The fourth-order valence-electron chi connectivity index (χ4n) is 1.81. The molecule has 23 heavy (non-hydrogen) atoms. The van der Waals surface area contributed by atoms with Crippen molar-refractivity contribution in [1.82, 2.24) is 15.2 Å². The molecular formula is C15H21N3O4S. The van der Waals surface area contributed by atoms with E-state index in [1.54, 1.807) is 38.4 Å². The molecular weight excluding hydrogens is 318 g/mol. The minimum absolute atomic E-state index is 0.0519. The molecule has 0 unspecified atom stereocenters. The van der Waals surface area contributed by atoms with Crippen LogP contribution in [0.5, 0.6) is 0 Å². The van der Waals surface area contributed by atoms with Crippen LogP contribution in [0.4, 0.5) is 0 Å². The maximum atomic E-state index is 12.1. The second-order valence-corrected chi connectivity index (χ2v) is 5.29. The van der Waals surface area contributed by atoms with Gasteiger partial charge in [0.1, 0.15) is 5.03 Å². The average molecular weight is 339 g/mol. The molecule has 0 fully saturated rings. The Hall–Kier alpha value is -2.09. The van der Waals surface area contributed by atoms with Gasteiger partial charge >= 0.3 is 5.97 Å². The third-order valence-corrected chi connectivity index (χ3v) is 3.67. The molecule has 1 N–H and O–H groups in total. The number of nitrogens with one attached hydrogen (secondary N) is 1. The smallest absolute Gasteiger partial charge is 0.341 e. The molecule has 0 saturated heterocycles. The number of carbonyl (C=O) groups excluding carboxylic acids is 3. The monoisotopic (exact) mass is 339 g/mol. The zero-order chi connectivity index (χ0) is 17.2. The van der Waals surface area contributed by atoms with E-state index < -0.39 is 18.5 Å². The van der Waals surface area contributed by atoms with Gasteiger partial charge in [0.25, 0.3) is 5.91 Å². The molecule has 0 aliphatic carbocycles. The number of rotatable bonds is 8. The zero-order valence-corrected chi connectivity index (χ0v) is 14.3. The molecule has 0 aromatic carbocycles. The lowest BCUT2D eigenvalue weighted by Gasteiger charge is -2.20. The third-order valence-electron chi connectivity index (χ3n) is 2.95. The van der Waals surface area contributed by atoms with Crippen LogP contribution in [-0.4, -0.2) is 60.2 Å². The second-order valence-electron chi connectivity index (χ2n) is 4.50. The van der Waals surface area contributed by atoms with E-state index in [0.717, 1.165) is 0 Å². The summed E-state index contributed by atoms with van der Waals surface area (Å²) in [6, 6.07) is 3.23. The van der Waals surface area contributed by atoms with Crippen LogP contribution >= 0.6 is 11.8 Å². The fraction of sp³-hybridized carbons (Fsp3) is 0.467. The van der Waals surface area contributed by atoms with Gasteiger partial charge in [-0.2, -0.15) is 0 Å². The molecule has 0 spiro atoms. The summed E-state index contributed by atoms with van der Waals surface area (Å²) in [7, 11) is 0. The molecule has 0 aliphatic heterocycles. The van der Waals surface area contributed by atoms with E-state index in [4.69, 9.17) is 4.74 Å². The van der Waals surface area contributed by atoms with Crippen molar-refractivity contribution in [3.05, 3.63) is 23.9 Å².